The number of hydrogen-bond acceptors (Lipinski definition) is 19. The Kier molecular flexibility index (Phi) is 27.4. The maximum absolute atomic E-state index is 11.1. The first-order chi connectivity index (χ1) is 44.3. The van der Waals surface area contributed by atoms with Crippen molar-refractivity contribution in [1.82, 2.24) is 25.3 Å². The van der Waals surface area contributed by atoms with E-state index in [2.05, 4.69) is 57.1 Å². The monoisotopic (exact) mass is 1470 g/mol. The number of nitrogens with one attached hydrogen (secondary N) is 1. The highest BCUT2D eigenvalue weighted by Gasteiger charge is 2.21. The minimum absolute atomic E-state index is 0.0707. The Morgan fingerprint density at radius 3 is 1.24 bits per heavy atom. The van der Waals surface area contributed by atoms with E-state index in [0.717, 1.165) is 16.7 Å². The number of carbonyl (C=O) groups is 4. The zero-order valence-electron chi connectivity index (χ0n) is 49.7. The summed E-state index contributed by atoms with van der Waals surface area (Å²) in [6.45, 7) is 0.762. The molecule has 2 atom stereocenters. The van der Waals surface area contributed by atoms with Crippen LogP contribution in [0.3, 0.4) is 0 Å². The second-order valence-electron chi connectivity index (χ2n) is 19.9. The molecule has 0 saturated heterocycles. The second-order valence-corrected chi connectivity index (χ2v) is 23.1. The Labute approximate surface area is 566 Å². The van der Waals surface area contributed by atoms with Crippen LogP contribution in [-0.2, 0) is 49.0 Å². The van der Waals surface area contributed by atoms with Gasteiger partial charge in [0.25, 0.3) is 0 Å². The molecule has 0 aliphatic heterocycles. The molecule has 8 aromatic rings. The Balaban J connectivity index is 0.000000277. The first kappa shape index (κ1) is 71.6. The SMILES string of the molecule is COc1nc(OCc2cccc(-c3cccc(COc4ccc(C=O)c(OC)n4)c3Cl)c2Cl)ccc1C=O.COc1nc(OCc2cccc(-c3cccc(COc4nc(OC)c(CNC[C@@H](O)CC(=O)O)cc4Br)c3Cl)c2Cl)c(Br)cc1CCC[C@@H](O)CC(=O)O. The number of pyridine rings is 4. The van der Waals surface area contributed by atoms with Gasteiger partial charge in [0.15, 0.2) is 12.6 Å². The smallest absolute Gasteiger partial charge is 0.306 e. The number of aliphatic hydroxyl groups is 2. The number of benzene rings is 4. The first-order valence-electron chi connectivity index (χ1n) is 27.9. The van der Waals surface area contributed by atoms with Crippen molar-refractivity contribution in [3.05, 3.63) is 183 Å². The lowest BCUT2D eigenvalue weighted by Gasteiger charge is -2.16. The van der Waals surface area contributed by atoms with Crippen LogP contribution in [0.2, 0.25) is 20.1 Å². The molecule has 484 valence electrons. The number of halogens is 6. The average Bonchev–Trinajstić information content (AvgIpc) is 0.905. The number of aryl methyl sites for hydroxylation is 1. The summed E-state index contributed by atoms with van der Waals surface area (Å²) in [6, 6.07) is 32.1. The van der Waals surface area contributed by atoms with Crippen molar-refractivity contribution in [2.24, 2.45) is 0 Å². The van der Waals surface area contributed by atoms with Gasteiger partial charge >= 0.3 is 11.9 Å². The summed E-state index contributed by atoms with van der Waals surface area (Å²) in [4.78, 5) is 61.2. The Bertz CT molecular complexity index is 3660. The van der Waals surface area contributed by atoms with Crippen LogP contribution in [0.1, 0.15) is 79.8 Å². The summed E-state index contributed by atoms with van der Waals surface area (Å²) < 4.78 is 46.0. The molecule has 4 heterocycles. The molecule has 0 fully saturated rings. The molecular weight excluding hydrogens is 1410 g/mol. The largest absolute Gasteiger partial charge is 0.481 e. The van der Waals surface area contributed by atoms with Crippen molar-refractivity contribution >= 4 is 103 Å². The molecular formula is C65H61Br2Cl4N5O16. The van der Waals surface area contributed by atoms with Crippen LogP contribution < -0.4 is 43.2 Å². The number of ether oxygens (including phenoxy) is 8. The molecule has 0 saturated carbocycles. The van der Waals surface area contributed by atoms with Gasteiger partial charge in [0.1, 0.15) is 26.4 Å². The van der Waals surface area contributed by atoms with Crippen molar-refractivity contribution in [2.75, 3.05) is 35.0 Å². The number of nitrogens with zero attached hydrogens (tertiary/aromatic N) is 4. The van der Waals surface area contributed by atoms with E-state index < -0.39 is 24.1 Å². The fourth-order valence-corrected chi connectivity index (χ4v) is 11.1. The Morgan fingerprint density at radius 1 is 0.489 bits per heavy atom. The maximum atomic E-state index is 11.1. The molecule has 4 aromatic carbocycles. The Hall–Kier alpha value is -7.84. The van der Waals surface area contributed by atoms with Gasteiger partial charge in [0.2, 0.25) is 47.0 Å². The van der Waals surface area contributed by atoms with E-state index in [9.17, 15) is 29.4 Å². The minimum Gasteiger partial charge on any atom is -0.481 e. The molecule has 0 amide bonds. The quantitative estimate of drug-likeness (QED) is 0.0245. The fourth-order valence-electron chi connectivity index (χ4n) is 9.06. The van der Waals surface area contributed by atoms with Crippen molar-refractivity contribution < 1.29 is 77.5 Å². The van der Waals surface area contributed by atoms with Crippen LogP contribution in [-0.4, -0.2) is 112 Å². The summed E-state index contributed by atoms with van der Waals surface area (Å²) in [5, 5.41) is 42.2. The molecule has 0 radical (unpaired) electrons. The third-order valence-electron chi connectivity index (χ3n) is 13.6. The lowest BCUT2D eigenvalue weighted by atomic mass is 10.0. The molecule has 0 aliphatic carbocycles. The van der Waals surface area contributed by atoms with Crippen molar-refractivity contribution in [3.63, 3.8) is 0 Å². The molecule has 92 heavy (non-hydrogen) atoms. The molecule has 0 aliphatic rings. The zero-order valence-corrected chi connectivity index (χ0v) is 55.9. The number of hydrogen-bond donors (Lipinski definition) is 5. The molecule has 5 N–H and O–H groups in total. The number of rotatable bonds is 32. The van der Waals surface area contributed by atoms with Crippen LogP contribution in [0.15, 0.2) is 118 Å². The van der Waals surface area contributed by atoms with Crippen LogP contribution in [0.5, 0.6) is 47.0 Å². The van der Waals surface area contributed by atoms with Gasteiger partial charge in [-0.25, -0.2) is 0 Å². The fraction of sp³-hybridized carbons (Fsp3) is 0.262. The predicted molar refractivity (Wildman–Crippen MR) is 352 cm³/mol. The lowest BCUT2D eigenvalue weighted by molar-refractivity contribution is -0.140. The third-order valence-corrected chi connectivity index (χ3v) is 16.5. The van der Waals surface area contributed by atoms with Gasteiger partial charge in [-0.1, -0.05) is 119 Å². The molecule has 0 unspecified atom stereocenters. The number of aldehydes is 2. The second kappa shape index (κ2) is 35.3. The Morgan fingerprint density at radius 2 is 0.859 bits per heavy atom. The number of methoxy groups -OCH3 is 4. The number of aliphatic carboxylic acids is 2. The normalized spacial score (nSPS) is 11.5. The topological polar surface area (TPSA) is 287 Å². The molecule has 21 nitrogen and oxygen atoms in total. The summed E-state index contributed by atoms with van der Waals surface area (Å²) in [5.41, 5.74) is 7.68. The highest BCUT2D eigenvalue weighted by atomic mass is 79.9. The van der Waals surface area contributed by atoms with Crippen molar-refractivity contribution in [3.8, 4) is 69.3 Å². The maximum Gasteiger partial charge on any atom is 0.306 e. The van der Waals surface area contributed by atoms with Gasteiger partial charge < -0.3 is 63.6 Å². The number of aromatic nitrogens is 4. The van der Waals surface area contributed by atoms with E-state index in [1.165, 1.54) is 28.4 Å². The van der Waals surface area contributed by atoms with Crippen molar-refractivity contribution in [1.29, 1.82) is 0 Å². The van der Waals surface area contributed by atoms with Crippen LogP contribution >= 0.6 is 78.3 Å². The molecule has 4 aromatic heterocycles. The summed E-state index contributed by atoms with van der Waals surface area (Å²) >= 11 is 34.4. The zero-order chi connectivity index (χ0) is 66.4. The van der Waals surface area contributed by atoms with Crippen LogP contribution in [0.25, 0.3) is 22.3 Å². The molecule has 8 rings (SSSR count). The van der Waals surface area contributed by atoms with Gasteiger partial charge in [-0.3, -0.25) is 19.2 Å². The highest BCUT2D eigenvalue weighted by Crippen LogP contribution is 2.41. The molecule has 0 bridgehead atoms. The van der Waals surface area contributed by atoms with Gasteiger partial charge in [0, 0.05) is 80.9 Å². The number of carboxylic acids is 2. The summed E-state index contributed by atoms with van der Waals surface area (Å²) in [5.74, 6) is -0.00398. The third kappa shape index (κ3) is 19.6. The van der Waals surface area contributed by atoms with Crippen LogP contribution in [0, 0.1) is 0 Å². The number of carbonyl (C=O) groups excluding carboxylic acids is 2. The average molecular weight is 1470 g/mol. The molecule has 27 heteroatoms. The lowest BCUT2D eigenvalue weighted by Crippen LogP contribution is -2.28. The predicted octanol–water partition coefficient (Wildman–Crippen LogP) is 13.5. The van der Waals surface area contributed by atoms with Crippen molar-refractivity contribution in [2.45, 2.75) is 77.3 Å². The summed E-state index contributed by atoms with van der Waals surface area (Å²) in [7, 11) is 5.83. The number of aliphatic hydroxyl groups excluding tert-OH is 2. The standard InChI is InChI=1S/C37H39Br2Cl2N3O10.C28H22Cl2N2O6/c1-51-34-20(6-3-9-24(45)14-30(47)48)12-28(38)36(43-34)53-18-21-7-4-10-26(32(21)40)27-11-5-8-22(33(27)41)19-54-37-29(39)13-23(35(44-37)52-2)16-42-17-25(46)15-31(49)50;1-35-27-17(13-33)9-11-23(31-27)37-15-19-5-3-7-21(25(19)29)22-8-4-6-20(26(22)30)16-38-24-12-10-18(14-34)28(32-24)36-2/h4-5,7-8,10-13,24-25,42,45-46H,3,6,9,14-19H2,1-2H3,(H,47,48)(H,49,50);3-14H,15-16H2,1-2H3/t24-,25+;/m1./s1. The van der Waals surface area contributed by atoms with Crippen LogP contribution in [0.4, 0.5) is 0 Å². The van der Waals surface area contributed by atoms with Gasteiger partial charge in [-0.05, 0) is 75.4 Å². The molecule has 0 spiro atoms. The van der Waals surface area contributed by atoms with E-state index in [0.29, 0.717) is 123 Å². The van der Waals surface area contributed by atoms with Gasteiger partial charge in [0.05, 0.1) is 93.7 Å². The minimum atomic E-state index is -1.09. The number of carboxylic acid groups (broad SMARTS) is 2. The van der Waals surface area contributed by atoms with E-state index in [-0.39, 0.29) is 87.6 Å². The van der Waals surface area contributed by atoms with Gasteiger partial charge in [-0.2, -0.15) is 19.9 Å². The van der Waals surface area contributed by atoms with E-state index >= 15 is 0 Å². The van der Waals surface area contributed by atoms with E-state index in [1.807, 2.05) is 78.9 Å². The first-order valence-corrected chi connectivity index (χ1v) is 31.0. The van der Waals surface area contributed by atoms with Gasteiger partial charge in [-0.15, -0.1) is 0 Å². The summed E-state index contributed by atoms with van der Waals surface area (Å²) in [6.07, 6.45) is 0.0659. The highest BCUT2D eigenvalue weighted by molar-refractivity contribution is 9.11. The van der Waals surface area contributed by atoms with E-state index in [4.69, 9.17) is 94.5 Å². The van der Waals surface area contributed by atoms with E-state index in [1.54, 1.807) is 30.3 Å².